The maximum atomic E-state index is 6.96. The fourth-order valence-electron chi connectivity index (χ4n) is 8.31. The van der Waals surface area contributed by atoms with Gasteiger partial charge in [-0.2, -0.15) is 0 Å². The van der Waals surface area contributed by atoms with E-state index in [9.17, 15) is 0 Å². The van der Waals surface area contributed by atoms with E-state index in [-0.39, 0.29) is 0 Å². The van der Waals surface area contributed by atoms with Crippen molar-refractivity contribution in [3.05, 3.63) is 212 Å². The second kappa shape index (κ2) is 13.8. The van der Waals surface area contributed by atoms with E-state index in [4.69, 9.17) is 4.42 Å². The standard InChI is InChI=1S/C54H35NOS/c1-5-14-36(15-6-1)39-24-28-43(29-25-39)55(49-23-13-22-46-45-30-26-41(34-50(45)56-53(46)49)37-16-7-2-8-17-37)48-33-32-44(40-20-11-4-12-21-40)54-52(48)47-31-27-42(35-51(47)57-54)38-18-9-3-10-19-38/h1-35H. The summed E-state index contributed by atoms with van der Waals surface area (Å²) in [6.07, 6.45) is 0. The summed E-state index contributed by atoms with van der Waals surface area (Å²) in [5, 5.41) is 4.65. The van der Waals surface area contributed by atoms with E-state index in [2.05, 4.69) is 217 Å². The van der Waals surface area contributed by atoms with Crippen molar-refractivity contribution in [2.24, 2.45) is 0 Å². The molecular formula is C54H35NOS. The van der Waals surface area contributed by atoms with Crippen molar-refractivity contribution in [3.8, 4) is 44.5 Å². The molecule has 0 fully saturated rings. The molecule has 0 saturated carbocycles. The largest absolute Gasteiger partial charge is 0.454 e. The van der Waals surface area contributed by atoms with Crippen LogP contribution in [0.2, 0.25) is 0 Å². The molecule has 0 aliphatic heterocycles. The number of hydrogen-bond donors (Lipinski definition) is 0. The van der Waals surface area contributed by atoms with Gasteiger partial charge in [0.25, 0.3) is 0 Å². The molecule has 0 aliphatic carbocycles. The maximum Gasteiger partial charge on any atom is 0.159 e. The van der Waals surface area contributed by atoms with Crippen molar-refractivity contribution >= 4 is 70.5 Å². The highest BCUT2D eigenvalue weighted by Crippen LogP contribution is 2.50. The molecule has 9 aromatic carbocycles. The zero-order valence-corrected chi connectivity index (χ0v) is 31.8. The summed E-state index contributed by atoms with van der Waals surface area (Å²) in [7, 11) is 0. The van der Waals surface area contributed by atoms with Gasteiger partial charge in [0.2, 0.25) is 0 Å². The summed E-state index contributed by atoms with van der Waals surface area (Å²) in [4.78, 5) is 2.41. The second-order valence-electron chi connectivity index (χ2n) is 14.5. The van der Waals surface area contributed by atoms with Gasteiger partial charge in [0.1, 0.15) is 5.58 Å². The second-order valence-corrected chi connectivity index (χ2v) is 15.5. The first-order valence-electron chi connectivity index (χ1n) is 19.3. The van der Waals surface area contributed by atoms with Crippen LogP contribution in [0.3, 0.4) is 0 Å². The lowest BCUT2D eigenvalue weighted by atomic mass is 9.98. The van der Waals surface area contributed by atoms with E-state index in [1.807, 2.05) is 11.3 Å². The van der Waals surface area contributed by atoms with Gasteiger partial charge >= 0.3 is 0 Å². The molecule has 11 rings (SSSR count). The third-order valence-corrected chi connectivity index (χ3v) is 12.3. The molecule has 0 amide bonds. The van der Waals surface area contributed by atoms with Crippen molar-refractivity contribution in [1.29, 1.82) is 0 Å². The number of thiophene rings is 1. The Labute approximate surface area is 335 Å². The third kappa shape index (κ3) is 5.80. The Bertz CT molecular complexity index is 3200. The summed E-state index contributed by atoms with van der Waals surface area (Å²) in [6.45, 7) is 0. The van der Waals surface area contributed by atoms with E-state index in [0.29, 0.717) is 0 Å². The van der Waals surface area contributed by atoms with Crippen molar-refractivity contribution in [2.75, 3.05) is 4.90 Å². The van der Waals surface area contributed by atoms with Gasteiger partial charge in [0, 0.05) is 36.6 Å². The molecule has 268 valence electrons. The molecule has 2 aromatic heterocycles. The number of hydrogen-bond acceptors (Lipinski definition) is 3. The molecule has 0 unspecified atom stereocenters. The molecule has 0 atom stereocenters. The van der Waals surface area contributed by atoms with E-state index in [1.165, 1.54) is 59.1 Å². The Morgan fingerprint density at radius 2 is 0.912 bits per heavy atom. The number of fused-ring (bicyclic) bond motifs is 6. The summed E-state index contributed by atoms with van der Waals surface area (Å²) in [5.74, 6) is 0. The van der Waals surface area contributed by atoms with Crippen LogP contribution < -0.4 is 4.90 Å². The number of rotatable bonds is 7. The van der Waals surface area contributed by atoms with E-state index < -0.39 is 0 Å². The minimum Gasteiger partial charge on any atom is -0.454 e. The molecule has 2 nitrogen and oxygen atoms in total. The number of furan rings is 1. The summed E-state index contributed by atoms with van der Waals surface area (Å²) < 4.78 is 9.48. The number of benzene rings is 9. The Morgan fingerprint density at radius 3 is 1.56 bits per heavy atom. The van der Waals surface area contributed by atoms with Crippen molar-refractivity contribution in [3.63, 3.8) is 0 Å². The first kappa shape index (κ1) is 33.2. The van der Waals surface area contributed by atoms with Crippen LogP contribution in [-0.4, -0.2) is 0 Å². The number of para-hydroxylation sites is 1. The van der Waals surface area contributed by atoms with Gasteiger partial charge in [-0.15, -0.1) is 11.3 Å². The smallest absolute Gasteiger partial charge is 0.159 e. The van der Waals surface area contributed by atoms with Crippen LogP contribution in [-0.2, 0) is 0 Å². The molecule has 57 heavy (non-hydrogen) atoms. The average Bonchev–Trinajstić information content (AvgIpc) is 3.87. The van der Waals surface area contributed by atoms with Crippen LogP contribution in [0.25, 0.3) is 86.6 Å². The Morgan fingerprint density at radius 1 is 0.368 bits per heavy atom. The maximum absolute atomic E-state index is 6.96. The van der Waals surface area contributed by atoms with Crippen LogP contribution in [0, 0.1) is 0 Å². The topological polar surface area (TPSA) is 16.4 Å². The van der Waals surface area contributed by atoms with Crippen molar-refractivity contribution in [1.82, 2.24) is 0 Å². The molecule has 11 aromatic rings. The highest BCUT2D eigenvalue weighted by Gasteiger charge is 2.24. The van der Waals surface area contributed by atoms with Gasteiger partial charge in [-0.25, -0.2) is 0 Å². The zero-order chi connectivity index (χ0) is 37.7. The number of anilines is 3. The van der Waals surface area contributed by atoms with Crippen molar-refractivity contribution < 1.29 is 4.42 Å². The van der Waals surface area contributed by atoms with Gasteiger partial charge in [0.15, 0.2) is 5.58 Å². The molecular weight excluding hydrogens is 711 g/mol. The monoisotopic (exact) mass is 745 g/mol. The lowest BCUT2D eigenvalue weighted by molar-refractivity contribution is 0.669. The van der Waals surface area contributed by atoms with E-state index >= 15 is 0 Å². The highest BCUT2D eigenvalue weighted by molar-refractivity contribution is 7.26. The Hall–Kier alpha value is -7.20. The van der Waals surface area contributed by atoms with Gasteiger partial charge in [-0.3, -0.25) is 0 Å². The van der Waals surface area contributed by atoms with Gasteiger partial charge in [-0.05, 0) is 87.0 Å². The first-order chi connectivity index (χ1) is 28.3. The van der Waals surface area contributed by atoms with Crippen LogP contribution >= 0.6 is 11.3 Å². The van der Waals surface area contributed by atoms with E-state index in [0.717, 1.165) is 44.6 Å². The summed E-state index contributed by atoms with van der Waals surface area (Å²) >= 11 is 1.87. The van der Waals surface area contributed by atoms with E-state index in [1.54, 1.807) is 0 Å². The van der Waals surface area contributed by atoms with Crippen LogP contribution in [0.5, 0.6) is 0 Å². The SMILES string of the molecule is c1ccc(-c2ccc(N(c3cccc4c3oc3cc(-c5ccccc5)ccc34)c3ccc(-c4ccccc4)c4sc5cc(-c6ccccc6)ccc5c34)cc2)cc1. The van der Waals surface area contributed by atoms with Crippen molar-refractivity contribution in [2.45, 2.75) is 0 Å². The quantitative estimate of drug-likeness (QED) is 0.162. The van der Waals surface area contributed by atoms with Crippen LogP contribution in [0.4, 0.5) is 17.1 Å². The summed E-state index contributed by atoms with van der Waals surface area (Å²) in [5.41, 5.74) is 14.4. The zero-order valence-electron chi connectivity index (χ0n) is 31.0. The fraction of sp³-hybridized carbons (Fsp3) is 0. The Balaban J connectivity index is 1.18. The normalized spacial score (nSPS) is 11.5. The molecule has 0 aliphatic rings. The first-order valence-corrected chi connectivity index (χ1v) is 20.1. The molecule has 3 heteroatoms. The Kier molecular flexibility index (Phi) is 8.04. The predicted octanol–water partition coefficient (Wildman–Crippen LogP) is 16.1. The summed E-state index contributed by atoms with van der Waals surface area (Å²) in [6, 6.07) is 76.2. The predicted molar refractivity (Wildman–Crippen MR) is 243 cm³/mol. The van der Waals surface area contributed by atoms with Gasteiger partial charge in [-0.1, -0.05) is 170 Å². The molecule has 0 radical (unpaired) electrons. The van der Waals surface area contributed by atoms with Crippen LogP contribution in [0.15, 0.2) is 217 Å². The molecule has 0 saturated heterocycles. The lowest BCUT2D eigenvalue weighted by Crippen LogP contribution is -2.10. The average molecular weight is 746 g/mol. The number of nitrogens with zero attached hydrogens (tertiary/aromatic N) is 1. The van der Waals surface area contributed by atoms with Gasteiger partial charge < -0.3 is 9.32 Å². The molecule has 2 heterocycles. The third-order valence-electron chi connectivity index (χ3n) is 11.1. The fourth-order valence-corrected chi connectivity index (χ4v) is 9.61. The van der Waals surface area contributed by atoms with Gasteiger partial charge in [0.05, 0.1) is 11.4 Å². The molecule has 0 spiro atoms. The highest BCUT2D eigenvalue weighted by atomic mass is 32.1. The molecule has 0 N–H and O–H groups in total. The molecule has 0 bridgehead atoms. The van der Waals surface area contributed by atoms with Crippen LogP contribution in [0.1, 0.15) is 0 Å². The lowest BCUT2D eigenvalue weighted by Gasteiger charge is -2.27. The minimum atomic E-state index is 0.857. The minimum absolute atomic E-state index is 0.857.